The Morgan fingerprint density at radius 2 is 1.83 bits per heavy atom. The molecule has 18 heavy (non-hydrogen) atoms. The molecule has 1 rings (SSSR count). The third kappa shape index (κ3) is 5.48. The maximum absolute atomic E-state index is 3.78. The Hall–Kier alpha value is -1.12. The summed E-state index contributed by atoms with van der Waals surface area (Å²) < 4.78 is 0. The van der Waals surface area contributed by atoms with Crippen LogP contribution in [0.1, 0.15) is 31.9 Å². The van der Waals surface area contributed by atoms with E-state index in [1.165, 1.54) is 11.1 Å². The summed E-state index contributed by atoms with van der Waals surface area (Å²) in [5.74, 6) is 0. The third-order valence-corrected chi connectivity index (χ3v) is 2.81. The molecule has 0 atom stereocenters. The number of nitrogens with zero attached hydrogens (tertiary/aromatic N) is 1. The van der Waals surface area contributed by atoms with Gasteiger partial charge in [-0.25, -0.2) is 0 Å². The first-order valence-electron chi connectivity index (χ1n) is 6.53. The van der Waals surface area contributed by atoms with E-state index >= 15 is 0 Å². The van der Waals surface area contributed by atoms with Crippen LogP contribution in [0, 0.1) is 0 Å². The molecule has 2 heteroatoms. The Balaban J connectivity index is 2.70. The van der Waals surface area contributed by atoms with Crippen LogP contribution in [0.25, 0.3) is 0 Å². The molecule has 1 aromatic rings. The Kier molecular flexibility index (Phi) is 5.57. The standard InChI is InChI=1S/C16H26N2/c1-6-11-18(5)13-15-10-8-7-9-14(15)12-17-16(2,3)4/h6-10,17H,1,11-13H2,2-5H3. The smallest absolute Gasteiger partial charge is 0.0237 e. The molecule has 1 N–H and O–H groups in total. The van der Waals surface area contributed by atoms with Gasteiger partial charge >= 0.3 is 0 Å². The molecular formula is C16H26N2. The summed E-state index contributed by atoms with van der Waals surface area (Å²) in [6, 6.07) is 8.63. The number of hydrogen-bond donors (Lipinski definition) is 1. The summed E-state index contributed by atoms with van der Waals surface area (Å²) in [5, 5.41) is 3.55. The van der Waals surface area contributed by atoms with E-state index in [1.807, 2.05) is 6.08 Å². The van der Waals surface area contributed by atoms with E-state index in [4.69, 9.17) is 0 Å². The molecule has 0 aromatic heterocycles. The van der Waals surface area contributed by atoms with Gasteiger partial charge in [0.2, 0.25) is 0 Å². The minimum Gasteiger partial charge on any atom is -0.308 e. The highest BCUT2D eigenvalue weighted by molar-refractivity contribution is 5.27. The zero-order valence-corrected chi connectivity index (χ0v) is 12.2. The lowest BCUT2D eigenvalue weighted by Crippen LogP contribution is -2.35. The van der Waals surface area contributed by atoms with Gasteiger partial charge in [0.1, 0.15) is 0 Å². The Bertz CT molecular complexity index is 377. The van der Waals surface area contributed by atoms with Crippen LogP contribution >= 0.6 is 0 Å². The van der Waals surface area contributed by atoms with Crippen LogP contribution in [0.3, 0.4) is 0 Å². The molecular weight excluding hydrogens is 220 g/mol. The van der Waals surface area contributed by atoms with E-state index in [9.17, 15) is 0 Å². The molecule has 0 aliphatic carbocycles. The van der Waals surface area contributed by atoms with E-state index in [2.05, 4.69) is 68.9 Å². The number of rotatable bonds is 6. The summed E-state index contributed by atoms with van der Waals surface area (Å²) >= 11 is 0. The fourth-order valence-electron chi connectivity index (χ4n) is 1.82. The maximum Gasteiger partial charge on any atom is 0.0237 e. The molecule has 1 aromatic carbocycles. The number of nitrogens with one attached hydrogen (secondary N) is 1. The van der Waals surface area contributed by atoms with Crippen molar-refractivity contribution in [2.24, 2.45) is 0 Å². The molecule has 0 aliphatic heterocycles. The largest absolute Gasteiger partial charge is 0.308 e. The molecule has 0 saturated heterocycles. The number of benzene rings is 1. The van der Waals surface area contributed by atoms with Gasteiger partial charge in [-0.05, 0) is 38.9 Å². The lowest BCUT2D eigenvalue weighted by molar-refractivity contribution is 0.360. The Morgan fingerprint density at radius 1 is 1.22 bits per heavy atom. The Morgan fingerprint density at radius 3 is 2.39 bits per heavy atom. The zero-order valence-electron chi connectivity index (χ0n) is 12.2. The van der Waals surface area contributed by atoms with Gasteiger partial charge in [-0.3, -0.25) is 4.90 Å². The van der Waals surface area contributed by atoms with E-state index in [1.54, 1.807) is 0 Å². The second-order valence-electron chi connectivity index (χ2n) is 5.86. The number of likely N-dealkylation sites (N-methyl/N-ethyl adjacent to an activating group) is 1. The molecule has 0 aliphatic rings. The van der Waals surface area contributed by atoms with Crippen LogP contribution in [0.5, 0.6) is 0 Å². The van der Waals surface area contributed by atoms with Gasteiger partial charge in [0.05, 0.1) is 0 Å². The summed E-state index contributed by atoms with van der Waals surface area (Å²) in [6.45, 7) is 13.2. The van der Waals surface area contributed by atoms with Gasteiger partial charge in [0.25, 0.3) is 0 Å². The van der Waals surface area contributed by atoms with Crippen LogP contribution in [0.15, 0.2) is 36.9 Å². The zero-order chi connectivity index (χ0) is 13.6. The van der Waals surface area contributed by atoms with Crippen molar-refractivity contribution in [3.05, 3.63) is 48.0 Å². The maximum atomic E-state index is 3.78. The van der Waals surface area contributed by atoms with E-state index in [0.717, 1.165) is 19.6 Å². The van der Waals surface area contributed by atoms with Crippen LogP contribution in [0.2, 0.25) is 0 Å². The highest BCUT2D eigenvalue weighted by Gasteiger charge is 2.10. The normalized spacial score (nSPS) is 11.8. The monoisotopic (exact) mass is 246 g/mol. The molecule has 0 bridgehead atoms. The van der Waals surface area contributed by atoms with Crippen molar-refractivity contribution in [1.82, 2.24) is 10.2 Å². The van der Waals surface area contributed by atoms with Crippen LogP contribution < -0.4 is 5.32 Å². The van der Waals surface area contributed by atoms with Crippen LogP contribution in [-0.2, 0) is 13.1 Å². The fraction of sp³-hybridized carbons (Fsp3) is 0.500. The van der Waals surface area contributed by atoms with Crippen molar-refractivity contribution in [3.63, 3.8) is 0 Å². The van der Waals surface area contributed by atoms with Gasteiger partial charge in [-0.2, -0.15) is 0 Å². The van der Waals surface area contributed by atoms with Gasteiger partial charge < -0.3 is 5.32 Å². The molecule has 100 valence electrons. The van der Waals surface area contributed by atoms with E-state index < -0.39 is 0 Å². The predicted molar refractivity (Wildman–Crippen MR) is 79.6 cm³/mol. The van der Waals surface area contributed by atoms with Crippen LogP contribution in [0.4, 0.5) is 0 Å². The second kappa shape index (κ2) is 6.72. The van der Waals surface area contributed by atoms with Gasteiger partial charge in [-0.1, -0.05) is 30.3 Å². The van der Waals surface area contributed by atoms with Gasteiger partial charge in [0.15, 0.2) is 0 Å². The average Bonchev–Trinajstić information content (AvgIpc) is 2.27. The summed E-state index contributed by atoms with van der Waals surface area (Å²) in [4.78, 5) is 2.27. The molecule has 0 saturated carbocycles. The summed E-state index contributed by atoms with van der Waals surface area (Å²) in [6.07, 6.45) is 1.94. The summed E-state index contributed by atoms with van der Waals surface area (Å²) in [7, 11) is 2.12. The predicted octanol–water partition coefficient (Wildman–Crippen LogP) is 3.19. The fourth-order valence-corrected chi connectivity index (χ4v) is 1.82. The lowest BCUT2D eigenvalue weighted by atomic mass is 10.0. The molecule has 0 heterocycles. The van der Waals surface area contributed by atoms with Crippen molar-refractivity contribution in [2.75, 3.05) is 13.6 Å². The highest BCUT2D eigenvalue weighted by Crippen LogP contribution is 2.12. The molecule has 0 unspecified atom stereocenters. The van der Waals surface area contributed by atoms with Crippen molar-refractivity contribution < 1.29 is 0 Å². The topological polar surface area (TPSA) is 15.3 Å². The first-order valence-corrected chi connectivity index (χ1v) is 6.53. The minimum atomic E-state index is 0.153. The molecule has 0 radical (unpaired) electrons. The number of hydrogen-bond acceptors (Lipinski definition) is 2. The minimum absolute atomic E-state index is 0.153. The first kappa shape index (κ1) is 14.9. The van der Waals surface area contributed by atoms with Crippen molar-refractivity contribution in [2.45, 2.75) is 39.4 Å². The third-order valence-electron chi connectivity index (χ3n) is 2.81. The SMILES string of the molecule is C=CCN(C)Cc1ccccc1CNC(C)(C)C. The van der Waals surface area contributed by atoms with Crippen molar-refractivity contribution in [1.29, 1.82) is 0 Å². The van der Waals surface area contributed by atoms with Crippen LogP contribution in [-0.4, -0.2) is 24.0 Å². The quantitative estimate of drug-likeness (QED) is 0.776. The highest BCUT2D eigenvalue weighted by atomic mass is 15.1. The van der Waals surface area contributed by atoms with Gasteiger partial charge in [-0.15, -0.1) is 6.58 Å². The average molecular weight is 246 g/mol. The van der Waals surface area contributed by atoms with Gasteiger partial charge in [0, 0.05) is 25.2 Å². The summed E-state index contributed by atoms with van der Waals surface area (Å²) in [5.41, 5.74) is 2.92. The van der Waals surface area contributed by atoms with E-state index in [0.29, 0.717) is 0 Å². The molecule has 0 fully saturated rings. The van der Waals surface area contributed by atoms with Crippen molar-refractivity contribution >= 4 is 0 Å². The van der Waals surface area contributed by atoms with Crippen molar-refractivity contribution in [3.8, 4) is 0 Å². The molecule has 2 nitrogen and oxygen atoms in total. The second-order valence-corrected chi connectivity index (χ2v) is 5.86. The van der Waals surface area contributed by atoms with E-state index in [-0.39, 0.29) is 5.54 Å². The molecule has 0 spiro atoms. The first-order chi connectivity index (χ1) is 8.42. The lowest BCUT2D eigenvalue weighted by Gasteiger charge is -2.23. The Labute approximate surface area is 112 Å². The molecule has 0 amide bonds.